The first-order valence-electron chi connectivity index (χ1n) is 4.90. The maximum atomic E-state index is 3.54. The molecular formula is C10H22N2. The fraction of sp³-hybridized carbons (Fsp3) is 1.00. The number of nitrogens with zero attached hydrogens (tertiary/aromatic N) is 1. The minimum absolute atomic E-state index is 0.324. The minimum atomic E-state index is 0.324. The van der Waals surface area contributed by atoms with E-state index in [0.29, 0.717) is 17.6 Å². The molecule has 1 N–H and O–H groups in total. The molecule has 0 bridgehead atoms. The van der Waals surface area contributed by atoms with E-state index in [1.54, 1.807) is 0 Å². The van der Waals surface area contributed by atoms with Crippen molar-refractivity contribution in [2.75, 3.05) is 13.1 Å². The van der Waals surface area contributed by atoms with Crippen molar-refractivity contribution in [2.24, 2.45) is 0 Å². The van der Waals surface area contributed by atoms with Gasteiger partial charge in [-0.3, -0.25) is 4.90 Å². The van der Waals surface area contributed by atoms with Crippen LogP contribution in [0.25, 0.3) is 0 Å². The Morgan fingerprint density at radius 2 is 1.50 bits per heavy atom. The van der Waals surface area contributed by atoms with Gasteiger partial charge in [-0.2, -0.15) is 0 Å². The number of hydrogen-bond acceptors (Lipinski definition) is 2. The predicted molar refractivity (Wildman–Crippen MR) is 53.4 cm³/mol. The molecular weight excluding hydrogens is 148 g/mol. The highest BCUT2D eigenvalue weighted by atomic mass is 15.3. The molecule has 1 rings (SSSR count). The zero-order valence-electron chi connectivity index (χ0n) is 9.02. The molecule has 72 valence electrons. The smallest absolute Gasteiger partial charge is 0.0169 e. The number of piperazine rings is 1. The summed E-state index contributed by atoms with van der Waals surface area (Å²) < 4.78 is 0. The first-order chi connectivity index (χ1) is 5.39. The summed E-state index contributed by atoms with van der Waals surface area (Å²) in [4.78, 5) is 2.55. The van der Waals surface area contributed by atoms with E-state index in [1.807, 2.05) is 0 Å². The second-order valence-electron chi connectivity index (χ2n) is 5.04. The van der Waals surface area contributed by atoms with Gasteiger partial charge in [0.25, 0.3) is 0 Å². The van der Waals surface area contributed by atoms with E-state index in [4.69, 9.17) is 0 Å². The summed E-state index contributed by atoms with van der Waals surface area (Å²) >= 11 is 0. The largest absolute Gasteiger partial charge is 0.309 e. The molecule has 2 heteroatoms. The normalized spacial score (nSPS) is 33.8. The van der Waals surface area contributed by atoms with Crippen LogP contribution in [0.2, 0.25) is 0 Å². The van der Waals surface area contributed by atoms with E-state index in [-0.39, 0.29) is 0 Å². The van der Waals surface area contributed by atoms with Crippen LogP contribution in [0.15, 0.2) is 0 Å². The van der Waals surface area contributed by atoms with Crippen molar-refractivity contribution in [1.82, 2.24) is 10.2 Å². The molecule has 0 aromatic heterocycles. The zero-order chi connectivity index (χ0) is 9.35. The third-order valence-electron chi connectivity index (χ3n) is 2.51. The first kappa shape index (κ1) is 10.0. The maximum Gasteiger partial charge on any atom is 0.0169 e. The summed E-state index contributed by atoms with van der Waals surface area (Å²) in [5.74, 6) is 0. The Morgan fingerprint density at radius 1 is 1.08 bits per heavy atom. The summed E-state index contributed by atoms with van der Waals surface area (Å²) in [6.07, 6.45) is 0. The van der Waals surface area contributed by atoms with Crippen LogP contribution >= 0.6 is 0 Å². The molecule has 1 aliphatic rings. The molecule has 2 unspecified atom stereocenters. The SMILES string of the molecule is CC1CN(C(C)(C)C)CC(C)N1. The minimum Gasteiger partial charge on any atom is -0.309 e. The molecule has 0 aliphatic carbocycles. The Kier molecular flexibility index (Phi) is 2.79. The molecule has 0 aromatic carbocycles. The van der Waals surface area contributed by atoms with Crippen LogP contribution in [0.5, 0.6) is 0 Å². The third-order valence-corrected chi connectivity index (χ3v) is 2.51. The Labute approximate surface area is 76.3 Å². The quantitative estimate of drug-likeness (QED) is 0.592. The van der Waals surface area contributed by atoms with E-state index < -0.39 is 0 Å². The van der Waals surface area contributed by atoms with Crippen molar-refractivity contribution >= 4 is 0 Å². The number of hydrogen-bond donors (Lipinski definition) is 1. The van der Waals surface area contributed by atoms with E-state index in [0.717, 1.165) is 0 Å². The second kappa shape index (κ2) is 3.35. The van der Waals surface area contributed by atoms with Crippen LogP contribution < -0.4 is 5.32 Å². The van der Waals surface area contributed by atoms with Gasteiger partial charge in [0.1, 0.15) is 0 Å². The van der Waals surface area contributed by atoms with Gasteiger partial charge >= 0.3 is 0 Å². The Hall–Kier alpha value is -0.0800. The maximum absolute atomic E-state index is 3.54. The van der Waals surface area contributed by atoms with Crippen LogP contribution in [0.4, 0.5) is 0 Å². The molecule has 0 saturated carbocycles. The molecule has 12 heavy (non-hydrogen) atoms. The molecule has 2 atom stereocenters. The lowest BCUT2D eigenvalue weighted by Crippen LogP contribution is -2.59. The van der Waals surface area contributed by atoms with E-state index in [9.17, 15) is 0 Å². The van der Waals surface area contributed by atoms with E-state index in [1.165, 1.54) is 13.1 Å². The van der Waals surface area contributed by atoms with Gasteiger partial charge < -0.3 is 5.32 Å². The van der Waals surface area contributed by atoms with Crippen molar-refractivity contribution in [1.29, 1.82) is 0 Å². The lowest BCUT2D eigenvalue weighted by Gasteiger charge is -2.43. The standard InChI is InChI=1S/C10H22N2/c1-8-6-12(10(3,4)5)7-9(2)11-8/h8-9,11H,6-7H2,1-5H3. The summed E-state index contributed by atoms with van der Waals surface area (Å²) in [6.45, 7) is 13.7. The third kappa shape index (κ3) is 2.46. The van der Waals surface area contributed by atoms with Crippen LogP contribution in [0, 0.1) is 0 Å². The lowest BCUT2D eigenvalue weighted by molar-refractivity contribution is 0.0795. The number of rotatable bonds is 0. The monoisotopic (exact) mass is 170 g/mol. The van der Waals surface area contributed by atoms with E-state index in [2.05, 4.69) is 44.8 Å². The molecule has 2 nitrogen and oxygen atoms in total. The molecule has 1 saturated heterocycles. The fourth-order valence-corrected chi connectivity index (χ4v) is 1.87. The van der Waals surface area contributed by atoms with Gasteiger partial charge in [-0.15, -0.1) is 0 Å². The van der Waals surface area contributed by atoms with Gasteiger partial charge in [0.2, 0.25) is 0 Å². The highest BCUT2D eigenvalue weighted by Gasteiger charge is 2.28. The van der Waals surface area contributed by atoms with Crippen LogP contribution in [-0.2, 0) is 0 Å². The Balaban J connectivity index is 2.55. The van der Waals surface area contributed by atoms with Crippen molar-refractivity contribution < 1.29 is 0 Å². The average molecular weight is 170 g/mol. The van der Waals surface area contributed by atoms with Crippen LogP contribution in [-0.4, -0.2) is 35.6 Å². The topological polar surface area (TPSA) is 15.3 Å². The highest BCUT2D eigenvalue weighted by Crippen LogP contribution is 2.16. The van der Waals surface area contributed by atoms with Gasteiger partial charge in [0, 0.05) is 30.7 Å². The van der Waals surface area contributed by atoms with E-state index >= 15 is 0 Å². The molecule has 0 aromatic rings. The second-order valence-corrected chi connectivity index (χ2v) is 5.04. The van der Waals surface area contributed by atoms with Gasteiger partial charge in [-0.25, -0.2) is 0 Å². The first-order valence-corrected chi connectivity index (χ1v) is 4.90. The summed E-state index contributed by atoms with van der Waals surface area (Å²) in [5, 5.41) is 3.54. The van der Waals surface area contributed by atoms with Gasteiger partial charge in [-0.05, 0) is 34.6 Å². The van der Waals surface area contributed by atoms with Gasteiger partial charge in [-0.1, -0.05) is 0 Å². The molecule has 0 radical (unpaired) electrons. The highest BCUT2D eigenvalue weighted by molar-refractivity contribution is 4.87. The molecule has 1 fully saturated rings. The summed E-state index contributed by atoms with van der Waals surface area (Å²) in [7, 11) is 0. The molecule has 0 spiro atoms. The predicted octanol–water partition coefficient (Wildman–Crippen LogP) is 1.47. The van der Waals surface area contributed by atoms with Crippen molar-refractivity contribution in [3.63, 3.8) is 0 Å². The Bertz CT molecular complexity index is 138. The van der Waals surface area contributed by atoms with Crippen LogP contribution in [0.1, 0.15) is 34.6 Å². The average Bonchev–Trinajstić information content (AvgIpc) is 1.82. The van der Waals surface area contributed by atoms with Crippen molar-refractivity contribution in [3.8, 4) is 0 Å². The van der Waals surface area contributed by atoms with Crippen molar-refractivity contribution in [2.45, 2.75) is 52.2 Å². The fourth-order valence-electron chi connectivity index (χ4n) is 1.87. The summed E-state index contributed by atoms with van der Waals surface area (Å²) in [5.41, 5.74) is 0.324. The summed E-state index contributed by atoms with van der Waals surface area (Å²) in [6, 6.07) is 1.26. The van der Waals surface area contributed by atoms with Crippen LogP contribution in [0.3, 0.4) is 0 Å². The molecule has 1 aliphatic heterocycles. The molecule has 1 heterocycles. The van der Waals surface area contributed by atoms with Crippen molar-refractivity contribution in [3.05, 3.63) is 0 Å². The zero-order valence-corrected chi connectivity index (χ0v) is 9.02. The van der Waals surface area contributed by atoms with Gasteiger partial charge in [0.05, 0.1) is 0 Å². The number of nitrogens with one attached hydrogen (secondary N) is 1. The Morgan fingerprint density at radius 3 is 1.83 bits per heavy atom. The van der Waals surface area contributed by atoms with Gasteiger partial charge in [0.15, 0.2) is 0 Å². The lowest BCUT2D eigenvalue weighted by atomic mass is 10.0. The molecule has 0 amide bonds.